The van der Waals surface area contributed by atoms with Gasteiger partial charge in [-0.25, -0.2) is 0 Å². The van der Waals surface area contributed by atoms with Crippen LogP contribution in [0.25, 0.3) is 0 Å². The summed E-state index contributed by atoms with van der Waals surface area (Å²) in [5, 5.41) is 7.58. The van der Waals surface area contributed by atoms with Crippen molar-refractivity contribution < 1.29 is 0 Å². The van der Waals surface area contributed by atoms with Gasteiger partial charge in [0.1, 0.15) is 0 Å². The quantitative estimate of drug-likeness (QED) is 0.514. The van der Waals surface area contributed by atoms with Gasteiger partial charge in [-0.2, -0.15) is 0 Å². The Morgan fingerprint density at radius 3 is 2.22 bits per heavy atom. The van der Waals surface area contributed by atoms with Gasteiger partial charge in [-0.05, 0) is 18.8 Å². The Balaban J connectivity index is 2.78. The van der Waals surface area contributed by atoms with Gasteiger partial charge in [0, 0.05) is 11.1 Å². The van der Waals surface area contributed by atoms with E-state index in [1.165, 1.54) is 6.42 Å². The van der Waals surface area contributed by atoms with Crippen molar-refractivity contribution in [1.29, 1.82) is 5.41 Å². The summed E-state index contributed by atoms with van der Waals surface area (Å²) in [6.45, 7) is 6.58. The minimum atomic E-state index is 0.194. The zero-order valence-corrected chi connectivity index (χ0v) is 6.49. The molecule has 0 aromatic rings. The maximum absolute atomic E-state index is 7.58. The lowest BCUT2D eigenvalue weighted by molar-refractivity contribution is 0.363. The molecular formula is C8H15N. The lowest BCUT2D eigenvalue weighted by Crippen LogP contribution is -2.22. The highest BCUT2D eigenvalue weighted by Crippen LogP contribution is 2.39. The predicted octanol–water partition coefficient (Wildman–Crippen LogP) is 2.46. The monoisotopic (exact) mass is 125 g/mol. The Morgan fingerprint density at radius 2 is 2.11 bits per heavy atom. The second-order valence-corrected chi connectivity index (χ2v) is 3.64. The standard InChI is InChI=1S/C8H15N/c1-6-4-5-7(9)8(6,2)3/h6,9H,4-5H2,1-3H3. The molecule has 1 aliphatic carbocycles. The first-order valence-electron chi connectivity index (χ1n) is 3.63. The molecule has 1 unspecified atom stereocenters. The molecule has 1 heteroatoms. The average molecular weight is 125 g/mol. The molecule has 1 rings (SSSR count). The zero-order chi connectivity index (χ0) is 7.07. The molecule has 0 amide bonds. The fourth-order valence-electron chi connectivity index (χ4n) is 1.34. The fraction of sp³-hybridized carbons (Fsp3) is 0.875. The van der Waals surface area contributed by atoms with Crippen molar-refractivity contribution in [3.05, 3.63) is 0 Å². The van der Waals surface area contributed by atoms with Crippen LogP contribution in [-0.2, 0) is 0 Å². The second kappa shape index (κ2) is 1.83. The Bertz CT molecular complexity index is 136. The molecule has 0 heterocycles. The third-order valence-electron chi connectivity index (χ3n) is 2.84. The van der Waals surface area contributed by atoms with Crippen molar-refractivity contribution in [2.75, 3.05) is 0 Å². The van der Waals surface area contributed by atoms with E-state index in [1.807, 2.05) is 0 Å². The van der Waals surface area contributed by atoms with Crippen molar-refractivity contribution in [3.8, 4) is 0 Å². The number of nitrogens with one attached hydrogen (secondary N) is 1. The highest BCUT2D eigenvalue weighted by atomic mass is 14.5. The first-order chi connectivity index (χ1) is 4.05. The Labute approximate surface area is 57.0 Å². The first kappa shape index (κ1) is 6.79. The molecule has 0 spiro atoms. The largest absolute Gasteiger partial charge is 0.309 e. The fourth-order valence-corrected chi connectivity index (χ4v) is 1.34. The summed E-state index contributed by atoms with van der Waals surface area (Å²) in [6, 6.07) is 0. The van der Waals surface area contributed by atoms with Crippen LogP contribution in [-0.4, -0.2) is 5.71 Å². The smallest absolute Gasteiger partial charge is 0.0148 e. The molecule has 1 N–H and O–H groups in total. The van der Waals surface area contributed by atoms with E-state index < -0.39 is 0 Å². The van der Waals surface area contributed by atoms with E-state index in [0.29, 0.717) is 5.92 Å². The number of hydrogen-bond donors (Lipinski definition) is 1. The first-order valence-corrected chi connectivity index (χ1v) is 3.63. The molecule has 0 aromatic heterocycles. The second-order valence-electron chi connectivity index (χ2n) is 3.64. The van der Waals surface area contributed by atoms with Gasteiger partial charge >= 0.3 is 0 Å². The third-order valence-corrected chi connectivity index (χ3v) is 2.84. The molecule has 1 saturated carbocycles. The van der Waals surface area contributed by atoms with E-state index in [9.17, 15) is 0 Å². The SMILES string of the molecule is CC1CCC(=N)C1(C)C. The number of hydrogen-bond acceptors (Lipinski definition) is 1. The lowest BCUT2D eigenvalue weighted by atomic mass is 9.82. The van der Waals surface area contributed by atoms with Crippen LogP contribution in [0.5, 0.6) is 0 Å². The van der Waals surface area contributed by atoms with Crippen LogP contribution >= 0.6 is 0 Å². The van der Waals surface area contributed by atoms with Gasteiger partial charge in [-0.15, -0.1) is 0 Å². The average Bonchev–Trinajstić information content (AvgIpc) is 1.96. The summed E-state index contributed by atoms with van der Waals surface area (Å²) in [4.78, 5) is 0. The minimum Gasteiger partial charge on any atom is -0.309 e. The Hall–Kier alpha value is -0.330. The molecule has 52 valence electrons. The van der Waals surface area contributed by atoms with Crippen molar-refractivity contribution in [2.24, 2.45) is 11.3 Å². The Morgan fingerprint density at radius 1 is 1.56 bits per heavy atom. The maximum Gasteiger partial charge on any atom is 0.0148 e. The molecule has 0 radical (unpaired) electrons. The lowest BCUT2D eigenvalue weighted by Gasteiger charge is -2.22. The molecule has 0 saturated heterocycles. The molecule has 9 heavy (non-hydrogen) atoms. The summed E-state index contributed by atoms with van der Waals surface area (Å²) in [5.74, 6) is 0.713. The number of rotatable bonds is 0. The van der Waals surface area contributed by atoms with Crippen LogP contribution in [0.15, 0.2) is 0 Å². The minimum absolute atomic E-state index is 0.194. The molecular weight excluding hydrogens is 110 g/mol. The van der Waals surface area contributed by atoms with Gasteiger partial charge < -0.3 is 5.41 Å². The summed E-state index contributed by atoms with van der Waals surface area (Å²) < 4.78 is 0. The van der Waals surface area contributed by atoms with Crippen LogP contribution < -0.4 is 0 Å². The van der Waals surface area contributed by atoms with E-state index >= 15 is 0 Å². The highest BCUT2D eigenvalue weighted by Gasteiger charge is 2.35. The van der Waals surface area contributed by atoms with Gasteiger partial charge in [0.15, 0.2) is 0 Å². The Kier molecular flexibility index (Phi) is 1.38. The molecule has 0 aromatic carbocycles. The molecule has 0 bridgehead atoms. The van der Waals surface area contributed by atoms with Gasteiger partial charge in [0.2, 0.25) is 0 Å². The normalized spacial score (nSPS) is 33.2. The van der Waals surface area contributed by atoms with Crippen LogP contribution in [0.1, 0.15) is 33.6 Å². The molecule has 1 aliphatic rings. The molecule has 1 atom stereocenters. The van der Waals surface area contributed by atoms with E-state index in [4.69, 9.17) is 5.41 Å². The van der Waals surface area contributed by atoms with Crippen molar-refractivity contribution in [1.82, 2.24) is 0 Å². The van der Waals surface area contributed by atoms with Gasteiger partial charge in [-0.1, -0.05) is 20.8 Å². The summed E-state index contributed by atoms with van der Waals surface area (Å²) in [5.41, 5.74) is 1.13. The molecule has 1 nitrogen and oxygen atoms in total. The van der Waals surface area contributed by atoms with Gasteiger partial charge in [0.25, 0.3) is 0 Å². The zero-order valence-electron chi connectivity index (χ0n) is 6.49. The predicted molar refractivity (Wildman–Crippen MR) is 39.9 cm³/mol. The van der Waals surface area contributed by atoms with Crippen LogP contribution in [0.2, 0.25) is 0 Å². The highest BCUT2D eigenvalue weighted by molar-refractivity contribution is 5.88. The topological polar surface area (TPSA) is 23.9 Å². The van der Waals surface area contributed by atoms with Gasteiger partial charge in [0.05, 0.1) is 0 Å². The summed E-state index contributed by atoms with van der Waals surface area (Å²) in [6.07, 6.45) is 2.24. The van der Waals surface area contributed by atoms with Gasteiger partial charge in [-0.3, -0.25) is 0 Å². The van der Waals surface area contributed by atoms with E-state index in [-0.39, 0.29) is 5.41 Å². The van der Waals surface area contributed by atoms with Crippen molar-refractivity contribution >= 4 is 5.71 Å². The van der Waals surface area contributed by atoms with E-state index in [1.54, 1.807) is 0 Å². The van der Waals surface area contributed by atoms with Crippen LogP contribution in [0.3, 0.4) is 0 Å². The van der Waals surface area contributed by atoms with E-state index in [2.05, 4.69) is 20.8 Å². The maximum atomic E-state index is 7.58. The van der Waals surface area contributed by atoms with E-state index in [0.717, 1.165) is 12.1 Å². The van der Waals surface area contributed by atoms with Crippen LogP contribution in [0, 0.1) is 16.7 Å². The summed E-state index contributed by atoms with van der Waals surface area (Å²) in [7, 11) is 0. The third kappa shape index (κ3) is 0.887. The summed E-state index contributed by atoms with van der Waals surface area (Å²) >= 11 is 0. The molecule has 0 aliphatic heterocycles. The molecule has 1 fully saturated rings. The van der Waals surface area contributed by atoms with Crippen molar-refractivity contribution in [2.45, 2.75) is 33.6 Å². The van der Waals surface area contributed by atoms with Crippen LogP contribution in [0.4, 0.5) is 0 Å². The van der Waals surface area contributed by atoms with Crippen molar-refractivity contribution in [3.63, 3.8) is 0 Å².